The fraction of sp³-hybridized carbons (Fsp3) is 0.167. The summed E-state index contributed by atoms with van der Waals surface area (Å²) >= 11 is 0. The Morgan fingerprint density at radius 2 is 2.27 bits per heavy atom. The van der Waals surface area contributed by atoms with Crippen molar-refractivity contribution in [3.8, 4) is 0 Å². The van der Waals surface area contributed by atoms with Gasteiger partial charge in [-0.2, -0.15) is 4.73 Å². The quantitative estimate of drug-likeness (QED) is 0.424. The van der Waals surface area contributed by atoms with Crippen molar-refractivity contribution in [2.24, 2.45) is 0 Å². The maximum absolute atomic E-state index is 10.8. The summed E-state index contributed by atoms with van der Waals surface area (Å²) in [4.78, 5) is 0.0320. The molecule has 0 saturated heterocycles. The van der Waals surface area contributed by atoms with Gasteiger partial charge in [0.05, 0.1) is 11.0 Å². The molecule has 0 amide bonds. The molecule has 0 bridgehead atoms. The standard InChI is InChI=1S/C6H6NO3S/c1-11(9,10)6-2-4-7(8)5-3-6/h2,4-5H,1H3. The molecule has 4 nitrogen and oxygen atoms in total. The number of sulfone groups is 1. The largest absolute Gasteiger partial charge is 0.619 e. The van der Waals surface area contributed by atoms with Gasteiger partial charge in [0.25, 0.3) is 0 Å². The van der Waals surface area contributed by atoms with Crippen LogP contribution in [-0.2, 0) is 9.84 Å². The Kier molecular flexibility index (Phi) is 1.82. The molecule has 0 aliphatic heterocycles. The minimum atomic E-state index is -3.23. The highest BCUT2D eigenvalue weighted by atomic mass is 32.2. The maximum atomic E-state index is 10.8. The Balaban J connectivity index is 3.20. The maximum Gasteiger partial charge on any atom is 0.189 e. The van der Waals surface area contributed by atoms with Gasteiger partial charge in [-0.25, -0.2) is 8.42 Å². The Morgan fingerprint density at radius 3 is 2.64 bits per heavy atom. The number of rotatable bonds is 1. The van der Waals surface area contributed by atoms with Gasteiger partial charge >= 0.3 is 0 Å². The van der Waals surface area contributed by atoms with Crippen molar-refractivity contribution in [3.05, 3.63) is 29.7 Å². The first-order chi connectivity index (χ1) is 5.00. The normalized spacial score (nSPS) is 11.4. The van der Waals surface area contributed by atoms with Crippen LogP contribution in [0.25, 0.3) is 0 Å². The molecule has 0 unspecified atom stereocenters. The van der Waals surface area contributed by atoms with Gasteiger partial charge < -0.3 is 5.21 Å². The number of hydrogen-bond acceptors (Lipinski definition) is 3. The molecule has 1 rings (SSSR count). The second-order valence-electron chi connectivity index (χ2n) is 2.09. The van der Waals surface area contributed by atoms with E-state index in [1.165, 1.54) is 6.07 Å². The molecule has 0 spiro atoms. The van der Waals surface area contributed by atoms with E-state index in [1.807, 2.05) is 0 Å². The van der Waals surface area contributed by atoms with E-state index in [0.717, 1.165) is 18.6 Å². The van der Waals surface area contributed by atoms with Crippen LogP contribution in [0.15, 0.2) is 23.4 Å². The zero-order valence-electron chi connectivity index (χ0n) is 5.81. The third kappa shape index (κ3) is 1.91. The number of aromatic nitrogens is 1. The summed E-state index contributed by atoms with van der Waals surface area (Å²) in [5, 5.41) is 10.4. The molecule has 0 fully saturated rings. The molecule has 0 N–H and O–H groups in total. The van der Waals surface area contributed by atoms with Crippen LogP contribution >= 0.6 is 0 Å². The van der Waals surface area contributed by atoms with Gasteiger partial charge in [-0.15, -0.1) is 0 Å². The van der Waals surface area contributed by atoms with Gasteiger partial charge in [0, 0.05) is 12.3 Å². The lowest BCUT2D eigenvalue weighted by molar-refractivity contribution is -0.606. The van der Waals surface area contributed by atoms with E-state index in [4.69, 9.17) is 0 Å². The fourth-order valence-corrected chi connectivity index (χ4v) is 1.17. The predicted molar refractivity (Wildman–Crippen MR) is 37.3 cm³/mol. The number of hydrogen-bond donors (Lipinski definition) is 0. The highest BCUT2D eigenvalue weighted by molar-refractivity contribution is 7.90. The van der Waals surface area contributed by atoms with Gasteiger partial charge in [0.2, 0.25) is 0 Å². The summed E-state index contributed by atoms with van der Waals surface area (Å²) in [6.45, 7) is 0. The molecule has 5 heteroatoms. The summed E-state index contributed by atoms with van der Waals surface area (Å²) < 4.78 is 22.1. The van der Waals surface area contributed by atoms with Crippen molar-refractivity contribution in [1.82, 2.24) is 0 Å². The SMILES string of the molecule is CS(=O)(=O)c1[c]c[n+]([O-])cc1. The van der Waals surface area contributed by atoms with Gasteiger partial charge in [0.15, 0.2) is 22.2 Å². The Morgan fingerprint density at radius 1 is 1.64 bits per heavy atom. The van der Waals surface area contributed by atoms with E-state index in [2.05, 4.69) is 6.07 Å². The van der Waals surface area contributed by atoms with Crippen LogP contribution in [-0.4, -0.2) is 14.7 Å². The third-order valence-electron chi connectivity index (χ3n) is 1.11. The summed E-state index contributed by atoms with van der Waals surface area (Å²) in [6, 6.07) is 3.55. The molecule has 59 valence electrons. The van der Waals surface area contributed by atoms with E-state index in [9.17, 15) is 13.6 Å². The van der Waals surface area contributed by atoms with E-state index in [1.54, 1.807) is 0 Å². The van der Waals surface area contributed by atoms with Crippen LogP contribution in [0.4, 0.5) is 0 Å². The van der Waals surface area contributed by atoms with Crippen molar-refractivity contribution in [2.75, 3.05) is 6.26 Å². The molecule has 1 aromatic rings. The Bertz CT molecular complexity index is 341. The average molecular weight is 172 g/mol. The first-order valence-corrected chi connectivity index (χ1v) is 4.70. The molecular formula is C6H6NO3S. The first kappa shape index (κ1) is 8.00. The van der Waals surface area contributed by atoms with Crippen LogP contribution in [0.5, 0.6) is 0 Å². The van der Waals surface area contributed by atoms with Crippen molar-refractivity contribution in [3.63, 3.8) is 0 Å². The minimum absolute atomic E-state index is 0.0320. The molecule has 0 aromatic carbocycles. The lowest BCUT2D eigenvalue weighted by atomic mass is 10.5. The van der Waals surface area contributed by atoms with E-state index < -0.39 is 9.84 Å². The summed E-state index contributed by atoms with van der Waals surface area (Å²) in [6.07, 6.45) is 3.21. The van der Waals surface area contributed by atoms with Gasteiger partial charge in [-0.05, 0) is 0 Å². The lowest BCUT2D eigenvalue weighted by Gasteiger charge is -1.95. The third-order valence-corrected chi connectivity index (χ3v) is 2.16. The summed E-state index contributed by atoms with van der Waals surface area (Å²) in [5.41, 5.74) is 0. The van der Waals surface area contributed by atoms with Gasteiger partial charge in [-0.1, -0.05) is 0 Å². The van der Waals surface area contributed by atoms with Gasteiger partial charge in [-0.3, -0.25) is 0 Å². The lowest BCUT2D eigenvalue weighted by Crippen LogP contribution is -2.24. The minimum Gasteiger partial charge on any atom is -0.619 e. The summed E-state index contributed by atoms with van der Waals surface area (Å²) in [7, 11) is -3.23. The van der Waals surface area contributed by atoms with E-state index in [-0.39, 0.29) is 4.90 Å². The Labute approximate surface area is 64.6 Å². The zero-order valence-corrected chi connectivity index (χ0v) is 6.63. The van der Waals surface area contributed by atoms with Crippen LogP contribution in [0.2, 0.25) is 0 Å². The predicted octanol–water partition coefficient (Wildman–Crippen LogP) is -0.476. The highest BCUT2D eigenvalue weighted by Gasteiger charge is 2.07. The molecular weight excluding hydrogens is 166 g/mol. The number of nitrogens with zero attached hydrogens (tertiary/aromatic N) is 1. The van der Waals surface area contributed by atoms with Crippen molar-refractivity contribution < 1.29 is 13.1 Å². The van der Waals surface area contributed by atoms with Crippen LogP contribution in [0.1, 0.15) is 0 Å². The molecule has 0 atom stereocenters. The van der Waals surface area contributed by atoms with Crippen molar-refractivity contribution in [2.45, 2.75) is 4.90 Å². The topological polar surface area (TPSA) is 61.1 Å². The second-order valence-corrected chi connectivity index (χ2v) is 4.07. The second kappa shape index (κ2) is 2.50. The van der Waals surface area contributed by atoms with Crippen LogP contribution in [0.3, 0.4) is 0 Å². The molecule has 0 aliphatic rings. The molecule has 1 heterocycles. The monoisotopic (exact) mass is 172 g/mol. The first-order valence-electron chi connectivity index (χ1n) is 2.81. The smallest absolute Gasteiger partial charge is 0.189 e. The van der Waals surface area contributed by atoms with Crippen molar-refractivity contribution >= 4 is 9.84 Å². The fourth-order valence-electron chi connectivity index (χ4n) is 0.590. The van der Waals surface area contributed by atoms with Crippen LogP contribution < -0.4 is 4.73 Å². The van der Waals surface area contributed by atoms with Crippen LogP contribution in [0, 0.1) is 11.3 Å². The molecule has 1 aromatic heterocycles. The molecule has 0 aliphatic carbocycles. The average Bonchev–Trinajstić information content (AvgIpc) is 1.86. The highest BCUT2D eigenvalue weighted by Crippen LogP contribution is 2.02. The van der Waals surface area contributed by atoms with E-state index >= 15 is 0 Å². The molecule has 1 radical (unpaired) electrons. The summed E-state index contributed by atoms with van der Waals surface area (Å²) in [5.74, 6) is 0. The molecule has 0 saturated carbocycles. The van der Waals surface area contributed by atoms with Gasteiger partial charge in [0.1, 0.15) is 0 Å². The van der Waals surface area contributed by atoms with E-state index in [0.29, 0.717) is 4.73 Å². The Hall–Kier alpha value is -1.10. The zero-order chi connectivity index (χ0) is 8.48. The molecule has 11 heavy (non-hydrogen) atoms. The number of pyridine rings is 1. The van der Waals surface area contributed by atoms with Crippen molar-refractivity contribution in [1.29, 1.82) is 0 Å².